The van der Waals surface area contributed by atoms with Crippen LogP contribution in [0.5, 0.6) is 0 Å². The van der Waals surface area contributed by atoms with Gasteiger partial charge in [-0.3, -0.25) is 24.2 Å². The molecule has 0 unspecified atom stereocenters. The number of nitrogens with two attached hydrogens (primary N) is 3. The number of aliphatic imine (C=N–C) groups is 1. The summed E-state index contributed by atoms with van der Waals surface area (Å²) in [5, 5.41) is 7.44. The number of carbonyl (C=O) groups is 4. The summed E-state index contributed by atoms with van der Waals surface area (Å²) >= 11 is 1.20. The Morgan fingerprint density at radius 1 is 1.27 bits per heavy atom. The summed E-state index contributed by atoms with van der Waals surface area (Å²) in [5.41, 5.74) is 16.0. The summed E-state index contributed by atoms with van der Waals surface area (Å²) < 4.78 is 0. The molecule has 1 saturated heterocycles. The Morgan fingerprint density at radius 2 is 2.06 bits per heavy atom. The van der Waals surface area contributed by atoms with E-state index in [1.807, 2.05) is 0 Å². The molecule has 1 aromatic rings. The lowest BCUT2D eigenvalue weighted by molar-refractivity contribution is -0.141. The van der Waals surface area contributed by atoms with Gasteiger partial charge in [0.1, 0.15) is 6.04 Å². The topological polar surface area (TPSA) is 199 Å². The van der Waals surface area contributed by atoms with Crippen molar-refractivity contribution in [2.45, 2.75) is 50.6 Å². The van der Waals surface area contributed by atoms with Crippen LogP contribution < -0.4 is 27.8 Å². The van der Waals surface area contributed by atoms with Crippen molar-refractivity contribution in [2.24, 2.45) is 22.2 Å². The molecule has 0 spiro atoms. The molecule has 1 aliphatic rings. The molecule has 0 radical (unpaired) electrons. The lowest BCUT2D eigenvalue weighted by Crippen LogP contribution is -2.55. The Bertz CT molecular complexity index is 841. The van der Waals surface area contributed by atoms with E-state index >= 15 is 0 Å². The van der Waals surface area contributed by atoms with Gasteiger partial charge in [-0.15, -0.1) is 11.3 Å². The molecule has 0 aliphatic carbocycles. The molecule has 0 aromatic carbocycles. The van der Waals surface area contributed by atoms with Crippen LogP contribution in [0.3, 0.4) is 0 Å². The minimum absolute atomic E-state index is 0.0367. The number of likely N-dealkylation sites (tertiary alicyclic amines) is 1. The maximum Gasteiger partial charge on any atom is 0.245 e. The first-order valence-corrected chi connectivity index (χ1v) is 11.8. The van der Waals surface area contributed by atoms with Gasteiger partial charge in [0.25, 0.3) is 0 Å². The maximum absolute atomic E-state index is 12.8. The summed E-state index contributed by atoms with van der Waals surface area (Å²) in [6.07, 6.45) is 4.25. The van der Waals surface area contributed by atoms with E-state index in [0.717, 1.165) is 0 Å². The van der Waals surface area contributed by atoms with E-state index in [4.69, 9.17) is 17.2 Å². The lowest BCUT2D eigenvalue weighted by atomic mass is 10.0. The highest BCUT2D eigenvalue weighted by Crippen LogP contribution is 2.14. The molecule has 2 atom stereocenters. The molecule has 0 saturated carbocycles. The van der Waals surface area contributed by atoms with Gasteiger partial charge in [0.2, 0.25) is 23.5 Å². The molecule has 2 rings (SSSR count). The van der Waals surface area contributed by atoms with Gasteiger partial charge < -0.3 is 32.7 Å². The number of nitrogens with zero attached hydrogens (tertiary/aromatic N) is 3. The normalized spacial score (nSPS) is 16.7. The summed E-state index contributed by atoms with van der Waals surface area (Å²) in [7, 11) is 0. The van der Waals surface area contributed by atoms with Crippen LogP contribution in [0.15, 0.2) is 16.6 Å². The van der Waals surface area contributed by atoms with Crippen LogP contribution in [-0.2, 0) is 14.4 Å². The van der Waals surface area contributed by atoms with E-state index in [2.05, 4.69) is 20.6 Å². The van der Waals surface area contributed by atoms with Crippen LogP contribution >= 0.6 is 11.3 Å². The van der Waals surface area contributed by atoms with Gasteiger partial charge in [-0.25, -0.2) is 4.98 Å². The quantitative estimate of drug-likeness (QED) is 0.0993. The fourth-order valence-corrected chi connectivity index (χ4v) is 4.07. The van der Waals surface area contributed by atoms with Crippen LogP contribution in [0.25, 0.3) is 0 Å². The zero-order valence-electron chi connectivity index (χ0n) is 18.5. The van der Waals surface area contributed by atoms with Gasteiger partial charge in [-0.2, -0.15) is 0 Å². The Morgan fingerprint density at radius 3 is 2.73 bits per heavy atom. The molecule has 8 N–H and O–H groups in total. The number of hydrogen-bond donors (Lipinski definition) is 5. The molecule has 12 nitrogen and oxygen atoms in total. The van der Waals surface area contributed by atoms with Crippen molar-refractivity contribution in [3.05, 3.63) is 16.6 Å². The average molecular weight is 481 g/mol. The standard InChI is InChI=1S/C20H32N8O4S/c21-7-1-4-13(17(31)18-24-9-11-33-18)26-16(30)12-28-10-3-5-14(19(28)32)27-15(29)6-2-8-25-20(22)23/h9,11,13-14H,1-8,10,12,21H2,(H,26,30)(H,27,29)(H4,22,23,25)/t13-,14-/m0/s1. The summed E-state index contributed by atoms with van der Waals surface area (Å²) in [5.74, 6) is -1.35. The number of piperidine rings is 1. The van der Waals surface area contributed by atoms with Crippen LogP contribution in [0.4, 0.5) is 0 Å². The monoisotopic (exact) mass is 480 g/mol. The average Bonchev–Trinajstić information content (AvgIpc) is 3.31. The maximum atomic E-state index is 12.8. The van der Waals surface area contributed by atoms with Crippen LogP contribution in [0, 0.1) is 0 Å². The predicted octanol–water partition coefficient (Wildman–Crippen LogP) is -1.29. The zero-order chi connectivity index (χ0) is 24.2. The molecule has 3 amide bonds. The number of rotatable bonds is 13. The number of nitrogens with one attached hydrogen (secondary N) is 2. The first-order valence-electron chi connectivity index (χ1n) is 10.9. The van der Waals surface area contributed by atoms with Crippen molar-refractivity contribution in [1.29, 1.82) is 0 Å². The highest BCUT2D eigenvalue weighted by atomic mass is 32.1. The second kappa shape index (κ2) is 13.5. The van der Waals surface area contributed by atoms with Crippen LogP contribution in [-0.4, -0.2) is 77.6 Å². The SMILES string of the molecule is NCCC[C@H](NC(=O)CN1CCC[C@H](NC(=O)CCCN=C(N)N)C1=O)C(=O)c1nccs1. The van der Waals surface area contributed by atoms with E-state index in [9.17, 15) is 19.2 Å². The zero-order valence-corrected chi connectivity index (χ0v) is 19.3. The predicted molar refractivity (Wildman–Crippen MR) is 124 cm³/mol. The molecule has 1 aromatic heterocycles. The van der Waals surface area contributed by atoms with Crippen molar-refractivity contribution in [3.63, 3.8) is 0 Å². The third kappa shape index (κ3) is 8.77. The highest BCUT2D eigenvalue weighted by Gasteiger charge is 2.32. The molecule has 1 fully saturated rings. The Hall–Kier alpha value is -3.06. The summed E-state index contributed by atoms with van der Waals surface area (Å²) in [6.45, 7) is 0.915. The molecular formula is C20H32N8O4S. The van der Waals surface area contributed by atoms with E-state index in [0.29, 0.717) is 56.7 Å². The van der Waals surface area contributed by atoms with Gasteiger partial charge >= 0.3 is 0 Å². The fraction of sp³-hybridized carbons (Fsp3) is 0.600. The Balaban J connectivity index is 1.88. The largest absolute Gasteiger partial charge is 0.370 e. The number of aromatic nitrogens is 1. The van der Waals surface area contributed by atoms with E-state index in [-0.39, 0.29) is 36.5 Å². The molecule has 182 valence electrons. The number of hydrogen-bond acceptors (Lipinski definition) is 8. The number of guanidine groups is 1. The molecule has 0 bridgehead atoms. The molecule has 2 heterocycles. The third-order valence-electron chi connectivity index (χ3n) is 5.05. The number of carbonyl (C=O) groups excluding carboxylic acids is 4. The highest BCUT2D eigenvalue weighted by molar-refractivity contribution is 7.11. The van der Waals surface area contributed by atoms with Crippen molar-refractivity contribution in [1.82, 2.24) is 20.5 Å². The molecule has 1 aliphatic heterocycles. The minimum atomic E-state index is -0.757. The third-order valence-corrected chi connectivity index (χ3v) is 5.84. The van der Waals surface area contributed by atoms with Crippen molar-refractivity contribution in [2.75, 3.05) is 26.2 Å². The molecule has 33 heavy (non-hydrogen) atoms. The number of Topliss-reactive ketones (excluding diaryl/α,β-unsaturated/α-hetero) is 1. The second-order valence-electron chi connectivity index (χ2n) is 7.68. The minimum Gasteiger partial charge on any atom is -0.370 e. The van der Waals surface area contributed by atoms with Gasteiger partial charge in [0, 0.05) is 31.1 Å². The van der Waals surface area contributed by atoms with Crippen LogP contribution in [0.1, 0.15) is 48.3 Å². The molecular weight excluding hydrogens is 448 g/mol. The van der Waals surface area contributed by atoms with Crippen LogP contribution in [0.2, 0.25) is 0 Å². The number of thiazole rings is 1. The summed E-state index contributed by atoms with van der Waals surface area (Å²) in [4.78, 5) is 59.4. The first-order chi connectivity index (χ1) is 15.8. The number of ketones is 1. The van der Waals surface area contributed by atoms with Gasteiger partial charge in [0.05, 0.1) is 12.6 Å². The fourth-order valence-electron chi connectivity index (χ4n) is 3.44. The lowest BCUT2D eigenvalue weighted by Gasteiger charge is -2.32. The Labute approximate surface area is 196 Å². The smallest absolute Gasteiger partial charge is 0.245 e. The van der Waals surface area contributed by atoms with Gasteiger partial charge in [-0.05, 0) is 38.6 Å². The Kier molecular flexibility index (Phi) is 10.7. The molecule has 13 heteroatoms. The van der Waals surface area contributed by atoms with E-state index in [1.54, 1.807) is 5.38 Å². The van der Waals surface area contributed by atoms with Crippen molar-refractivity contribution < 1.29 is 19.2 Å². The number of amides is 3. The van der Waals surface area contributed by atoms with Crippen molar-refractivity contribution in [3.8, 4) is 0 Å². The first kappa shape index (κ1) is 26.2. The van der Waals surface area contributed by atoms with Crippen molar-refractivity contribution >= 4 is 40.8 Å². The van der Waals surface area contributed by atoms with Gasteiger partial charge in [-0.1, -0.05) is 0 Å². The van der Waals surface area contributed by atoms with E-state index < -0.39 is 18.0 Å². The summed E-state index contributed by atoms with van der Waals surface area (Å²) in [6, 6.07) is -1.44. The second-order valence-corrected chi connectivity index (χ2v) is 8.58. The van der Waals surface area contributed by atoms with E-state index in [1.165, 1.54) is 22.4 Å². The van der Waals surface area contributed by atoms with Gasteiger partial charge in [0.15, 0.2) is 11.0 Å².